The van der Waals surface area contributed by atoms with Crippen molar-refractivity contribution in [3.63, 3.8) is 0 Å². The average molecular weight is 530 g/mol. The number of para-hydroxylation sites is 1. The van der Waals surface area contributed by atoms with Crippen LogP contribution >= 0.6 is 11.3 Å². The Morgan fingerprint density at radius 3 is 2.81 bits per heavy atom. The first-order valence-corrected chi connectivity index (χ1v) is 13.5. The number of anilines is 1. The summed E-state index contributed by atoms with van der Waals surface area (Å²) in [5.41, 5.74) is 2.34. The molecule has 3 heterocycles. The first-order chi connectivity index (χ1) is 18.0. The monoisotopic (exact) mass is 529 g/mol. The van der Waals surface area contributed by atoms with Crippen molar-refractivity contribution in [3.8, 4) is 11.8 Å². The average Bonchev–Trinajstić information content (AvgIpc) is 3.55. The summed E-state index contributed by atoms with van der Waals surface area (Å²) >= 11 is 1.34. The van der Waals surface area contributed by atoms with Crippen LogP contribution in [-0.4, -0.2) is 56.2 Å². The summed E-state index contributed by atoms with van der Waals surface area (Å²) in [6.45, 7) is 10.0. The van der Waals surface area contributed by atoms with E-state index in [0.717, 1.165) is 21.8 Å². The van der Waals surface area contributed by atoms with Gasteiger partial charge in [0, 0.05) is 17.8 Å². The van der Waals surface area contributed by atoms with Crippen molar-refractivity contribution in [1.29, 1.82) is 5.26 Å². The van der Waals surface area contributed by atoms with E-state index in [1.165, 1.54) is 11.3 Å². The number of hydrogen-bond donors (Lipinski definition) is 1. The molecule has 37 heavy (non-hydrogen) atoms. The lowest BCUT2D eigenvalue weighted by atomic mass is 9.96. The maximum absolute atomic E-state index is 12.9. The molecule has 0 saturated carbocycles. The van der Waals surface area contributed by atoms with E-state index in [1.807, 2.05) is 52.0 Å². The van der Waals surface area contributed by atoms with E-state index in [9.17, 15) is 14.9 Å². The van der Waals surface area contributed by atoms with Crippen LogP contribution in [0, 0.1) is 11.3 Å². The SMILES string of the molecule is CC.CCOc1ccccc1C(C)CC(=O)Nc1sc2c(c1C#N)CCN(C(=O)OCC1COCO1)C2. The summed E-state index contributed by atoms with van der Waals surface area (Å²) in [5, 5.41) is 13.2. The van der Waals surface area contributed by atoms with Gasteiger partial charge in [-0.15, -0.1) is 11.3 Å². The maximum atomic E-state index is 12.9. The molecule has 0 bridgehead atoms. The van der Waals surface area contributed by atoms with Crippen molar-refractivity contribution >= 4 is 28.3 Å². The van der Waals surface area contributed by atoms with Gasteiger partial charge < -0.3 is 29.2 Å². The molecule has 2 amide bonds. The molecule has 0 spiro atoms. The number of nitriles is 1. The minimum atomic E-state index is -0.426. The number of nitrogens with zero attached hydrogens (tertiary/aromatic N) is 2. The molecule has 2 unspecified atom stereocenters. The third-order valence-electron chi connectivity index (χ3n) is 6.00. The van der Waals surface area contributed by atoms with Crippen molar-refractivity contribution in [2.75, 3.05) is 38.5 Å². The van der Waals surface area contributed by atoms with Gasteiger partial charge in [-0.1, -0.05) is 39.0 Å². The molecule has 1 fully saturated rings. The minimum absolute atomic E-state index is 0.0580. The highest BCUT2D eigenvalue weighted by molar-refractivity contribution is 7.16. The van der Waals surface area contributed by atoms with E-state index in [2.05, 4.69) is 11.4 Å². The van der Waals surface area contributed by atoms with Gasteiger partial charge >= 0.3 is 6.09 Å². The van der Waals surface area contributed by atoms with E-state index in [0.29, 0.717) is 43.3 Å². The Hall–Kier alpha value is -3.13. The summed E-state index contributed by atoms with van der Waals surface area (Å²) in [6.07, 6.45) is 0.116. The van der Waals surface area contributed by atoms with E-state index in [-0.39, 0.29) is 37.7 Å². The Labute approximate surface area is 222 Å². The predicted molar refractivity (Wildman–Crippen MR) is 141 cm³/mol. The molecule has 10 heteroatoms. The van der Waals surface area contributed by atoms with Gasteiger partial charge in [0.25, 0.3) is 0 Å². The lowest BCUT2D eigenvalue weighted by Gasteiger charge is -2.26. The van der Waals surface area contributed by atoms with Crippen LogP contribution in [-0.2, 0) is 32.0 Å². The lowest BCUT2D eigenvalue weighted by molar-refractivity contribution is -0.116. The standard InChI is InChI=1S/C25H29N3O6S.C2H6/c1-3-32-21-7-5-4-6-18(21)16(2)10-23(29)27-24-20(11-26)19-8-9-28(12-22(19)35-24)25(30)33-14-17-13-31-15-34-17;1-2/h4-7,16-17H,3,8-10,12-15H2,1-2H3,(H,27,29);1-2H3. The minimum Gasteiger partial charge on any atom is -0.494 e. The number of thiophene rings is 1. The van der Waals surface area contributed by atoms with Crippen LogP contribution in [0.3, 0.4) is 0 Å². The summed E-state index contributed by atoms with van der Waals surface area (Å²) in [5.74, 6) is 0.546. The highest BCUT2D eigenvalue weighted by Crippen LogP contribution is 2.37. The molecule has 4 rings (SSSR count). The van der Waals surface area contributed by atoms with E-state index in [1.54, 1.807) is 4.90 Å². The second-order valence-electron chi connectivity index (χ2n) is 8.47. The highest BCUT2D eigenvalue weighted by atomic mass is 32.1. The van der Waals surface area contributed by atoms with Crippen LogP contribution in [0.5, 0.6) is 5.75 Å². The second kappa shape index (κ2) is 14.0. The summed E-state index contributed by atoms with van der Waals surface area (Å²) in [4.78, 5) is 27.9. The number of amides is 2. The zero-order valence-corrected chi connectivity index (χ0v) is 22.7. The van der Waals surface area contributed by atoms with Crippen molar-refractivity contribution < 1.29 is 28.5 Å². The molecule has 2 aliphatic rings. The molecule has 0 radical (unpaired) electrons. The van der Waals surface area contributed by atoms with Gasteiger partial charge in [0.2, 0.25) is 5.91 Å². The molecule has 2 aromatic rings. The number of ether oxygens (including phenoxy) is 4. The van der Waals surface area contributed by atoms with Crippen molar-refractivity contribution in [1.82, 2.24) is 4.90 Å². The molecule has 2 aliphatic heterocycles. The van der Waals surface area contributed by atoms with Crippen LogP contribution in [0.1, 0.15) is 61.6 Å². The lowest BCUT2D eigenvalue weighted by Crippen LogP contribution is -2.37. The van der Waals surface area contributed by atoms with Gasteiger partial charge in [0.1, 0.15) is 36.3 Å². The quantitative estimate of drug-likeness (QED) is 0.510. The molecule has 1 N–H and O–H groups in total. The number of hydrogen-bond acceptors (Lipinski definition) is 8. The highest BCUT2D eigenvalue weighted by Gasteiger charge is 2.29. The zero-order chi connectivity index (χ0) is 26.8. The molecule has 9 nitrogen and oxygen atoms in total. The third kappa shape index (κ3) is 7.22. The molecular weight excluding hydrogens is 494 g/mol. The van der Waals surface area contributed by atoms with Gasteiger partial charge in [-0.2, -0.15) is 5.26 Å². The summed E-state index contributed by atoms with van der Waals surface area (Å²) in [6, 6.07) is 9.94. The molecular formula is C27H35N3O6S. The van der Waals surface area contributed by atoms with Crippen molar-refractivity contribution in [2.45, 2.75) is 59.1 Å². The Morgan fingerprint density at radius 2 is 2.11 bits per heavy atom. The number of nitrogens with one attached hydrogen (secondary N) is 1. The first-order valence-electron chi connectivity index (χ1n) is 12.7. The summed E-state index contributed by atoms with van der Waals surface area (Å²) in [7, 11) is 0. The van der Waals surface area contributed by atoms with Crippen LogP contribution in [0.15, 0.2) is 24.3 Å². The number of carbonyl (C=O) groups excluding carboxylic acids is 2. The van der Waals surface area contributed by atoms with Gasteiger partial charge in [-0.3, -0.25) is 4.79 Å². The van der Waals surface area contributed by atoms with E-state index < -0.39 is 6.09 Å². The summed E-state index contributed by atoms with van der Waals surface area (Å²) < 4.78 is 21.5. The Balaban J connectivity index is 0.00000186. The zero-order valence-electron chi connectivity index (χ0n) is 21.9. The van der Waals surface area contributed by atoms with Crippen LogP contribution in [0.25, 0.3) is 0 Å². The topological polar surface area (TPSA) is 110 Å². The predicted octanol–water partition coefficient (Wildman–Crippen LogP) is 5.04. The molecule has 2 atom stereocenters. The molecule has 1 saturated heterocycles. The fourth-order valence-electron chi connectivity index (χ4n) is 4.23. The fraction of sp³-hybridized carbons (Fsp3) is 0.519. The second-order valence-corrected chi connectivity index (χ2v) is 9.57. The van der Waals surface area contributed by atoms with Gasteiger partial charge in [0.05, 0.1) is 25.3 Å². The largest absolute Gasteiger partial charge is 0.494 e. The fourth-order valence-corrected chi connectivity index (χ4v) is 5.46. The number of fused-ring (bicyclic) bond motifs is 1. The van der Waals surface area contributed by atoms with Crippen molar-refractivity contribution in [3.05, 3.63) is 45.8 Å². The van der Waals surface area contributed by atoms with E-state index >= 15 is 0 Å². The number of benzene rings is 1. The first kappa shape index (κ1) is 28.4. The smallest absolute Gasteiger partial charge is 0.410 e. The maximum Gasteiger partial charge on any atom is 0.410 e. The Bertz CT molecular complexity index is 1110. The Morgan fingerprint density at radius 1 is 1.32 bits per heavy atom. The molecule has 1 aromatic heterocycles. The molecule has 0 aliphatic carbocycles. The third-order valence-corrected chi connectivity index (χ3v) is 7.14. The van der Waals surface area contributed by atoms with Gasteiger partial charge in [-0.25, -0.2) is 4.79 Å². The van der Waals surface area contributed by atoms with Gasteiger partial charge in [-0.05, 0) is 36.5 Å². The number of rotatable bonds is 8. The van der Waals surface area contributed by atoms with Crippen LogP contribution < -0.4 is 10.1 Å². The van der Waals surface area contributed by atoms with Crippen molar-refractivity contribution in [2.24, 2.45) is 0 Å². The van der Waals surface area contributed by atoms with Crippen LogP contribution in [0.2, 0.25) is 0 Å². The van der Waals surface area contributed by atoms with Gasteiger partial charge in [0.15, 0.2) is 0 Å². The molecule has 200 valence electrons. The Kier molecular flexibility index (Phi) is 10.7. The number of carbonyl (C=O) groups is 2. The normalized spacial score (nSPS) is 17.1. The molecule has 1 aromatic carbocycles. The van der Waals surface area contributed by atoms with E-state index in [4.69, 9.17) is 18.9 Å². The van der Waals surface area contributed by atoms with Crippen LogP contribution in [0.4, 0.5) is 9.80 Å².